The third kappa shape index (κ3) is 3.57. The predicted octanol–water partition coefficient (Wildman–Crippen LogP) is 3.06. The molecule has 2 aliphatic heterocycles. The topological polar surface area (TPSA) is 83.5 Å². The first-order valence-electron chi connectivity index (χ1n) is 9.68. The van der Waals surface area contributed by atoms with Gasteiger partial charge in [-0.3, -0.25) is 4.79 Å². The monoisotopic (exact) mass is 412 g/mol. The van der Waals surface area contributed by atoms with Crippen LogP contribution in [0.2, 0.25) is 0 Å². The van der Waals surface area contributed by atoms with Crippen molar-refractivity contribution in [2.75, 3.05) is 34.0 Å². The minimum atomic E-state index is -0.807. The SMILES string of the molecule is COc1cc2c(cc1OC)OCCOc1c(ccc3c1C=CC(C)(CO)O3)C(=O)C2. The number of methoxy groups -OCH3 is 2. The lowest BCUT2D eigenvalue weighted by molar-refractivity contribution is 0.0636. The number of hydrogen-bond donors (Lipinski definition) is 1. The number of aliphatic hydroxyl groups is 1. The molecule has 0 radical (unpaired) electrons. The van der Waals surface area contributed by atoms with Crippen molar-refractivity contribution in [3.63, 3.8) is 0 Å². The molecule has 0 amide bonds. The first-order chi connectivity index (χ1) is 14.5. The van der Waals surface area contributed by atoms with E-state index in [4.69, 9.17) is 23.7 Å². The molecule has 0 bridgehead atoms. The molecule has 1 N–H and O–H groups in total. The maximum absolute atomic E-state index is 13.2. The van der Waals surface area contributed by atoms with Crippen LogP contribution in [0.25, 0.3) is 6.08 Å². The first kappa shape index (κ1) is 20.1. The molecule has 2 aromatic carbocycles. The minimum Gasteiger partial charge on any atom is -0.493 e. The Morgan fingerprint density at radius 2 is 1.80 bits per heavy atom. The van der Waals surface area contributed by atoms with Gasteiger partial charge in [-0.25, -0.2) is 0 Å². The molecule has 4 rings (SSSR count). The molecule has 0 aromatic heterocycles. The van der Waals surface area contributed by atoms with E-state index < -0.39 is 5.60 Å². The molecular weight excluding hydrogens is 388 g/mol. The van der Waals surface area contributed by atoms with E-state index in [0.717, 1.165) is 0 Å². The van der Waals surface area contributed by atoms with Gasteiger partial charge in [0.05, 0.1) is 32.0 Å². The summed E-state index contributed by atoms with van der Waals surface area (Å²) in [7, 11) is 3.10. The van der Waals surface area contributed by atoms with Crippen LogP contribution in [0.5, 0.6) is 28.7 Å². The van der Waals surface area contributed by atoms with Crippen LogP contribution in [-0.4, -0.2) is 50.5 Å². The molecule has 0 aliphatic carbocycles. The minimum absolute atomic E-state index is 0.115. The van der Waals surface area contributed by atoms with Gasteiger partial charge >= 0.3 is 0 Å². The van der Waals surface area contributed by atoms with Crippen molar-refractivity contribution >= 4 is 11.9 Å². The summed E-state index contributed by atoms with van der Waals surface area (Å²) in [5, 5.41) is 9.58. The number of rotatable bonds is 3. The lowest BCUT2D eigenvalue weighted by Gasteiger charge is -2.31. The van der Waals surface area contributed by atoms with Crippen molar-refractivity contribution in [1.29, 1.82) is 0 Å². The lowest BCUT2D eigenvalue weighted by atomic mass is 9.95. The van der Waals surface area contributed by atoms with Gasteiger partial charge in [-0.15, -0.1) is 0 Å². The Hall–Kier alpha value is -3.19. The number of carbonyl (C=O) groups excluding carboxylic acids is 1. The van der Waals surface area contributed by atoms with E-state index in [-0.39, 0.29) is 25.4 Å². The predicted molar refractivity (Wildman–Crippen MR) is 110 cm³/mol. The second-order valence-electron chi connectivity index (χ2n) is 7.37. The van der Waals surface area contributed by atoms with E-state index in [9.17, 15) is 9.90 Å². The fourth-order valence-corrected chi connectivity index (χ4v) is 3.57. The molecule has 2 aromatic rings. The Kier molecular flexibility index (Phi) is 5.30. The molecular formula is C23H24O7. The number of benzene rings is 2. The van der Waals surface area contributed by atoms with Crippen LogP contribution in [0, 0.1) is 0 Å². The number of carbonyl (C=O) groups is 1. The Labute approximate surface area is 174 Å². The standard InChI is InChI=1S/C23H24O7/c1-23(13-24)7-6-16-18(30-23)5-4-15-17(25)10-14-11-20(26-2)21(27-3)12-19(14)28-8-9-29-22(15)16/h4-7,11-12,24H,8-10,13H2,1-3H3. The number of aliphatic hydroxyl groups excluding tert-OH is 1. The first-order valence-corrected chi connectivity index (χ1v) is 9.68. The van der Waals surface area contributed by atoms with E-state index >= 15 is 0 Å². The van der Waals surface area contributed by atoms with Crippen molar-refractivity contribution in [3.8, 4) is 28.7 Å². The summed E-state index contributed by atoms with van der Waals surface area (Å²) in [5.41, 5.74) is 1.05. The average molecular weight is 412 g/mol. The van der Waals surface area contributed by atoms with E-state index in [0.29, 0.717) is 52.0 Å². The number of fused-ring (bicyclic) bond motifs is 4. The fraction of sp³-hybridized carbons (Fsp3) is 0.348. The van der Waals surface area contributed by atoms with Gasteiger partial charge in [0.25, 0.3) is 0 Å². The molecule has 1 atom stereocenters. The Balaban J connectivity index is 1.75. The van der Waals surface area contributed by atoms with Crippen LogP contribution < -0.4 is 23.7 Å². The summed E-state index contributed by atoms with van der Waals surface area (Å²) in [5.74, 6) is 2.53. The molecule has 0 saturated carbocycles. The summed E-state index contributed by atoms with van der Waals surface area (Å²) < 4.78 is 28.5. The molecule has 7 heteroatoms. The highest BCUT2D eigenvalue weighted by molar-refractivity contribution is 6.02. The van der Waals surface area contributed by atoms with Crippen LogP contribution in [-0.2, 0) is 6.42 Å². The highest BCUT2D eigenvalue weighted by atomic mass is 16.5. The Morgan fingerprint density at radius 1 is 1.07 bits per heavy atom. The summed E-state index contributed by atoms with van der Waals surface area (Å²) in [6.07, 6.45) is 3.71. The van der Waals surface area contributed by atoms with Crippen molar-refractivity contribution in [3.05, 3.63) is 47.0 Å². The molecule has 7 nitrogen and oxygen atoms in total. The maximum atomic E-state index is 13.2. The van der Waals surface area contributed by atoms with Crippen molar-refractivity contribution < 1.29 is 33.6 Å². The zero-order valence-corrected chi connectivity index (χ0v) is 17.2. The molecule has 0 spiro atoms. The van der Waals surface area contributed by atoms with Gasteiger partial charge in [0.2, 0.25) is 0 Å². The van der Waals surface area contributed by atoms with Gasteiger partial charge in [0, 0.05) is 18.1 Å². The van der Waals surface area contributed by atoms with Crippen molar-refractivity contribution in [2.24, 2.45) is 0 Å². The summed E-state index contributed by atoms with van der Waals surface area (Å²) >= 11 is 0. The molecule has 0 saturated heterocycles. The Bertz CT molecular complexity index is 1010. The number of ketones is 1. The quantitative estimate of drug-likeness (QED) is 0.830. The second-order valence-corrected chi connectivity index (χ2v) is 7.37. The van der Waals surface area contributed by atoms with Crippen LogP contribution in [0.15, 0.2) is 30.3 Å². The van der Waals surface area contributed by atoms with E-state index in [1.807, 2.05) is 6.08 Å². The van der Waals surface area contributed by atoms with E-state index in [1.165, 1.54) is 0 Å². The molecule has 2 aliphatic rings. The van der Waals surface area contributed by atoms with Gasteiger partial charge in [0.1, 0.15) is 36.1 Å². The summed E-state index contributed by atoms with van der Waals surface area (Å²) in [4.78, 5) is 13.2. The third-order valence-electron chi connectivity index (χ3n) is 5.22. The van der Waals surface area contributed by atoms with Crippen molar-refractivity contribution in [2.45, 2.75) is 18.9 Å². The highest BCUT2D eigenvalue weighted by Gasteiger charge is 2.30. The summed E-state index contributed by atoms with van der Waals surface area (Å²) in [6, 6.07) is 6.94. The van der Waals surface area contributed by atoms with E-state index in [1.54, 1.807) is 51.5 Å². The second kappa shape index (κ2) is 7.91. The number of Topliss-reactive ketones (excluding diaryl/α,β-unsaturated/α-hetero) is 1. The summed E-state index contributed by atoms with van der Waals surface area (Å²) in [6.45, 7) is 2.17. The molecule has 1 unspecified atom stereocenters. The third-order valence-corrected chi connectivity index (χ3v) is 5.22. The van der Waals surface area contributed by atoms with E-state index in [2.05, 4.69) is 0 Å². The Morgan fingerprint density at radius 3 is 2.53 bits per heavy atom. The van der Waals surface area contributed by atoms with Crippen LogP contribution in [0.1, 0.15) is 28.4 Å². The van der Waals surface area contributed by atoms with Crippen molar-refractivity contribution in [1.82, 2.24) is 0 Å². The zero-order chi connectivity index (χ0) is 21.3. The van der Waals surface area contributed by atoms with Gasteiger partial charge in [-0.05, 0) is 37.3 Å². The maximum Gasteiger partial charge on any atom is 0.171 e. The highest BCUT2D eigenvalue weighted by Crippen LogP contribution is 2.41. The molecule has 158 valence electrons. The largest absolute Gasteiger partial charge is 0.493 e. The normalized spacial score (nSPS) is 19.9. The van der Waals surface area contributed by atoms with Crippen LogP contribution in [0.3, 0.4) is 0 Å². The fourth-order valence-electron chi connectivity index (χ4n) is 3.57. The van der Waals surface area contributed by atoms with Crippen LogP contribution in [0.4, 0.5) is 0 Å². The number of ether oxygens (including phenoxy) is 5. The van der Waals surface area contributed by atoms with Crippen LogP contribution >= 0.6 is 0 Å². The van der Waals surface area contributed by atoms with Gasteiger partial charge < -0.3 is 28.8 Å². The zero-order valence-electron chi connectivity index (χ0n) is 17.2. The van der Waals surface area contributed by atoms with Gasteiger partial charge in [-0.1, -0.05) is 0 Å². The number of hydrogen-bond acceptors (Lipinski definition) is 7. The smallest absolute Gasteiger partial charge is 0.171 e. The van der Waals surface area contributed by atoms with Gasteiger partial charge in [0.15, 0.2) is 17.3 Å². The lowest BCUT2D eigenvalue weighted by Crippen LogP contribution is -2.36. The van der Waals surface area contributed by atoms with Gasteiger partial charge in [-0.2, -0.15) is 0 Å². The molecule has 2 heterocycles. The molecule has 0 fully saturated rings. The average Bonchev–Trinajstić information content (AvgIpc) is 2.76. The molecule has 30 heavy (non-hydrogen) atoms.